The van der Waals surface area contributed by atoms with Gasteiger partial charge in [-0.05, 0) is 18.2 Å². The molecule has 0 atom stereocenters. The molecule has 1 amide bonds. The quantitative estimate of drug-likeness (QED) is 0.691. The summed E-state index contributed by atoms with van der Waals surface area (Å²) >= 11 is 0. The number of nitrogens with two attached hydrogens (primary N) is 2. The maximum atomic E-state index is 11.0. The van der Waals surface area contributed by atoms with E-state index in [1.165, 1.54) is 0 Å². The number of pyridine rings is 2. The zero-order chi connectivity index (χ0) is 15.7. The van der Waals surface area contributed by atoms with E-state index in [4.69, 9.17) is 11.5 Å². The van der Waals surface area contributed by atoms with Gasteiger partial charge in [-0.15, -0.1) is 0 Å². The van der Waals surface area contributed by atoms with E-state index in [0.717, 1.165) is 11.1 Å². The average molecular weight is 295 g/mol. The van der Waals surface area contributed by atoms with Crippen molar-refractivity contribution in [2.75, 3.05) is 5.73 Å². The second-order valence-electron chi connectivity index (χ2n) is 4.87. The van der Waals surface area contributed by atoms with Crippen molar-refractivity contribution in [2.45, 2.75) is 6.42 Å². The summed E-state index contributed by atoms with van der Waals surface area (Å²) in [6.45, 7) is 0. The number of anilines is 1. The van der Waals surface area contributed by atoms with Crippen molar-refractivity contribution in [1.82, 2.24) is 14.4 Å². The first-order valence-electron chi connectivity index (χ1n) is 6.54. The molecule has 0 spiro atoms. The highest BCUT2D eigenvalue weighted by atomic mass is 16.1. The minimum Gasteiger partial charge on any atom is -0.383 e. The molecule has 3 rings (SSSR count). The van der Waals surface area contributed by atoms with Crippen LogP contribution < -0.4 is 11.5 Å². The molecule has 0 aliphatic carbocycles. The summed E-state index contributed by atoms with van der Waals surface area (Å²) in [7, 11) is 0. The minimum absolute atomic E-state index is 0.0930. The topological polar surface area (TPSA) is 116 Å². The first-order chi connectivity index (χ1) is 10.6. The number of hydrogen-bond donors (Lipinski definition) is 2. The molecule has 7 heteroatoms. The third kappa shape index (κ3) is 2.51. The van der Waals surface area contributed by atoms with Crippen LogP contribution in [-0.4, -0.2) is 26.6 Å². The molecule has 0 aliphatic heterocycles. The second kappa shape index (κ2) is 5.28. The molecule has 3 heterocycles. The molecule has 0 aliphatic rings. The molecule has 22 heavy (non-hydrogen) atoms. The first kappa shape index (κ1) is 13.7. The van der Waals surface area contributed by atoms with Crippen molar-refractivity contribution in [3.8, 4) is 11.1 Å². The Morgan fingerprint density at radius 1 is 1.27 bits per heavy atom. The first-order valence-corrected chi connectivity index (χ1v) is 6.54. The van der Waals surface area contributed by atoms with Crippen molar-refractivity contribution in [1.29, 1.82) is 0 Å². The van der Waals surface area contributed by atoms with Crippen molar-refractivity contribution >= 4 is 23.7 Å². The number of carbonyl (C=O) groups excluding carboxylic acids is 2. The van der Waals surface area contributed by atoms with E-state index in [2.05, 4.69) is 9.97 Å². The van der Waals surface area contributed by atoms with Crippen LogP contribution in [0.5, 0.6) is 0 Å². The van der Waals surface area contributed by atoms with Crippen LogP contribution in [0.4, 0.5) is 5.82 Å². The lowest BCUT2D eigenvalue weighted by atomic mass is 10.1. The number of nitrogen functional groups attached to an aromatic ring is 1. The molecule has 7 nitrogen and oxygen atoms in total. The smallest absolute Gasteiger partial charge is 0.223 e. The number of aromatic nitrogens is 3. The van der Waals surface area contributed by atoms with Crippen LogP contribution in [0, 0.1) is 0 Å². The van der Waals surface area contributed by atoms with Crippen LogP contribution in [0.2, 0.25) is 0 Å². The largest absolute Gasteiger partial charge is 0.383 e. The lowest BCUT2D eigenvalue weighted by molar-refractivity contribution is -0.117. The number of fused-ring (bicyclic) bond motifs is 1. The van der Waals surface area contributed by atoms with Gasteiger partial charge in [-0.1, -0.05) is 0 Å². The van der Waals surface area contributed by atoms with Crippen molar-refractivity contribution in [3.63, 3.8) is 0 Å². The van der Waals surface area contributed by atoms with E-state index in [1.807, 2.05) is 18.3 Å². The lowest BCUT2D eigenvalue weighted by Crippen LogP contribution is -2.13. The maximum Gasteiger partial charge on any atom is 0.223 e. The monoisotopic (exact) mass is 295 g/mol. The number of aldehydes is 1. The summed E-state index contributed by atoms with van der Waals surface area (Å²) in [6.07, 6.45) is 5.95. The van der Waals surface area contributed by atoms with Crippen molar-refractivity contribution < 1.29 is 9.59 Å². The lowest BCUT2D eigenvalue weighted by Gasteiger charge is -2.04. The number of hydrogen-bond acceptors (Lipinski definition) is 5. The summed E-state index contributed by atoms with van der Waals surface area (Å²) in [6, 6.07) is 5.35. The van der Waals surface area contributed by atoms with Gasteiger partial charge >= 0.3 is 0 Å². The molecule has 4 N–H and O–H groups in total. The molecule has 0 fully saturated rings. The molecular weight excluding hydrogens is 282 g/mol. The van der Waals surface area contributed by atoms with Gasteiger partial charge in [0.05, 0.1) is 17.7 Å². The van der Waals surface area contributed by atoms with Gasteiger partial charge in [-0.25, -0.2) is 9.97 Å². The van der Waals surface area contributed by atoms with Crippen LogP contribution in [0.1, 0.15) is 16.1 Å². The number of rotatable bonds is 4. The highest BCUT2D eigenvalue weighted by Gasteiger charge is 2.08. The van der Waals surface area contributed by atoms with Gasteiger partial charge in [-0.2, -0.15) is 0 Å². The second-order valence-corrected chi connectivity index (χ2v) is 4.87. The Labute approximate surface area is 125 Å². The number of imidazole rings is 1. The Balaban J connectivity index is 2.04. The Kier molecular flexibility index (Phi) is 3.30. The number of nitrogens with zero attached hydrogens (tertiary/aromatic N) is 3. The van der Waals surface area contributed by atoms with Crippen LogP contribution in [0.25, 0.3) is 16.8 Å². The van der Waals surface area contributed by atoms with Crippen molar-refractivity contribution in [2.24, 2.45) is 5.73 Å². The van der Waals surface area contributed by atoms with E-state index in [-0.39, 0.29) is 12.2 Å². The van der Waals surface area contributed by atoms with E-state index in [0.29, 0.717) is 23.2 Å². The Morgan fingerprint density at radius 3 is 2.82 bits per heavy atom. The summed E-state index contributed by atoms with van der Waals surface area (Å²) < 4.78 is 1.80. The van der Waals surface area contributed by atoms with E-state index in [1.54, 1.807) is 22.9 Å². The standard InChI is InChI=1S/C15H13N5O2/c16-13(22)4-12-7-20-6-9(1-2-14(20)19-12)10-3-11(8-21)15(17)18-5-10/h1-3,5-8H,4H2,(H2,16,22)(H2,17,18). The third-order valence-corrected chi connectivity index (χ3v) is 3.27. The van der Waals surface area contributed by atoms with Gasteiger partial charge in [0.2, 0.25) is 5.91 Å². The summed E-state index contributed by atoms with van der Waals surface area (Å²) in [5.41, 5.74) is 14.1. The Bertz CT molecular complexity index is 885. The fourth-order valence-electron chi connectivity index (χ4n) is 2.22. The molecule has 0 unspecified atom stereocenters. The van der Waals surface area contributed by atoms with Gasteiger partial charge < -0.3 is 15.9 Å². The van der Waals surface area contributed by atoms with Gasteiger partial charge in [-0.3, -0.25) is 9.59 Å². The highest BCUT2D eigenvalue weighted by molar-refractivity contribution is 5.84. The van der Waals surface area contributed by atoms with Crippen LogP contribution in [-0.2, 0) is 11.2 Å². The van der Waals surface area contributed by atoms with E-state index in [9.17, 15) is 9.59 Å². The minimum atomic E-state index is -0.429. The highest BCUT2D eigenvalue weighted by Crippen LogP contribution is 2.22. The summed E-state index contributed by atoms with van der Waals surface area (Å²) in [5.74, 6) is -0.229. The molecule has 3 aromatic rings. The number of amides is 1. The van der Waals surface area contributed by atoms with Crippen LogP contribution >= 0.6 is 0 Å². The average Bonchev–Trinajstić information content (AvgIpc) is 2.88. The molecule has 0 bridgehead atoms. The predicted molar refractivity (Wildman–Crippen MR) is 81.1 cm³/mol. The van der Waals surface area contributed by atoms with Gasteiger partial charge in [0.15, 0.2) is 6.29 Å². The molecule has 0 aromatic carbocycles. The van der Waals surface area contributed by atoms with E-state index < -0.39 is 5.91 Å². The maximum absolute atomic E-state index is 11.0. The molecule has 0 radical (unpaired) electrons. The van der Waals surface area contributed by atoms with Gasteiger partial charge in [0.25, 0.3) is 0 Å². The molecular formula is C15H13N5O2. The Hall–Kier alpha value is -3.22. The molecule has 110 valence electrons. The molecule has 3 aromatic heterocycles. The van der Waals surface area contributed by atoms with Crippen molar-refractivity contribution in [3.05, 3.63) is 48.0 Å². The van der Waals surface area contributed by atoms with Gasteiger partial charge in [0, 0.05) is 29.7 Å². The van der Waals surface area contributed by atoms with E-state index >= 15 is 0 Å². The Morgan fingerprint density at radius 2 is 2.09 bits per heavy atom. The number of carbonyl (C=O) groups is 2. The molecule has 0 saturated heterocycles. The third-order valence-electron chi connectivity index (χ3n) is 3.27. The van der Waals surface area contributed by atoms with Gasteiger partial charge in [0.1, 0.15) is 11.5 Å². The summed E-state index contributed by atoms with van der Waals surface area (Å²) in [4.78, 5) is 30.2. The normalized spacial score (nSPS) is 10.7. The molecule has 0 saturated carbocycles. The van der Waals surface area contributed by atoms with Crippen LogP contribution in [0.15, 0.2) is 36.8 Å². The zero-order valence-corrected chi connectivity index (χ0v) is 11.6. The zero-order valence-electron chi connectivity index (χ0n) is 11.6. The summed E-state index contributed by atoms with van der Waals surface area (Å²) in [5, 5.41) is 0. The fraction of sp³-hybridized carbons (Fsp3) is 0.0667. The predicted octanol–water partition coefficient (Wildman–Crippen LogP) is 0.819. The van der Waals surface area contributed by atoms with Crippen LogP contribution in [0.3, 0.4) is 0 Å². The fourth-order valence-corrected chi connectivity index (χ4v) is 2.22. The SMILES string of the molecule is NC(=O)Cc1cn2cc(-c3cnc(N)c(C=O)c3)ccc2n1. The number of primary amides is 1.